The Morgan fingerprint density at radius 2 is 2.50 bits per heavy atom. The molecule has 1 aromatic heterocycles. The minimum Gasteiger partial charge on any atom is -0.473 e. The molecule has 0 radical (unpaired) electrons. The van der Waals surface area contributed by atoms with Crippen LogP contribution in [0.1, 0.15) is 24.6 Å². The van der Waals surface area contributed by atoms with Gasteiger partial charge in [-0.05, 0) is 12.8 Å². The molecular formula is C8H10N2O2. The first kappa shape index (κ1) is 7.34. The van der Waals surface area contributed by atoms with Crippen LogP contribution in [-0.2, 0) is 0 Å². The van der Waals surface area contributed by atoms with Crippen LogP contribution in [0.2, 0.25) is 0 Å². The first-order valence-electron chi connectivity index (χ1n) is 3.99. The zero-order valence-electron chi connectivity index (χ0n) is 6.86. The predicted molar refractivity (Wildman–Crippen MR) is 42.2 cm³/mol. The Hall–Kier alpha value is -1.32. The predicted octanol–water partition coefficient (Wildman–Crippen LogP) is 1.08. The van der Waals surface area contributed by atoms with Crippen molar-refractivity contribution in [1.29, 1.82) is 0 Å². The molecule has 4 heteroatoms. The lowest BCUT2D eigenvalue weighted by molar-refractivity contribution is 0.0918. The molecule has 1 aliphatic carbocycles. The van der Waals surface area contributed by atoms with Crippen LogP contribution in [0, 0.1) is 0 Å². The molecule has 12 heavy (non-hydrogen) atoms. The normalized spacial score (nSPS) is 16.1. The molecule has 0 aliphatic heterocycles. The van der Waals surface area contributed by atoms with E-state index in [0.717, 1.165) is 12.8 Å². The smallest absolute Gasteiger partial charge is 0.243 e. The van der Waals surface area contributed by atoms with E-state index in [9.17, 15) is 4.79 Å². The lowest BCUT2D eigenvalue weighted by atomic mass is 10.6. The summed E-state index contributed by atoms with van der Waals surface area (Å²) in [5.74, 6) is 0.452. The molecule has 2 rings (SSSR count). The SMILES string of the molecule is CC(=O)n1ccc(OC2CC2)n1. The highest BCUT2D eigenvalue weighted by Crippen LogP contribution is 2.25. The van der Waals surface area contributed by atoms with Crippen molar-refractivity contribution in [2.45, 2.75) is 25.9 Å². The van der Waals surface area contributed by atoms with Gasteiger partial charge in [-0.2, -0.15) is 0 Å². The topological polar surface area (TPSA) is 44.1 Å². The molecule has 1 aromatic rings. The first-order chi connectivity index (χ1) is 5.75. The van der Waals surface area contributed by atoms with Gasteiger partial charge in [-0.3, -0.25) is 4.79 Å². The van der Waals surface area contributed by atoms with Crippen molar-refractivity contribution >= 4 is 5.91 Å². The molecule has 0 spiro atoms. The number of carbonyl (C=O) groups is 1. The third-order valence-corrected chi connectivity index (χ3v) is 1.70. The summed E-state index contributed by atoms with van der Waals surface area (Å²) in [7, 11) is 0. The molecule has 1 heterocycles. The molecule has 1 saturated carbocycles. The maximum Gasteiger partial charge on any atom is 0.243 e. The summed E-state index contributed by atoms with van der Waals surface area (Å²) >= 11 is 0. The van der Waals surface area contributed by atoms with Gasteiger partial charge in [0.15, 0.2) is 0 Å². The maximum atomic E-state index is 10.8. The molecule has 64 valence electrons. The second kappa shape index (κ2) is 2.62. The summed E-state index contributed by atoms with van der Waals surface area (Å²) in [5.41, 5.74) is 0. The number of ether oxygens (including phenoxy) is 1. The van der Waals surface area contributed by atoms with Crippen molar-refractivity contribution in [2.75, 3.05) is 0 Å². The highest BCUT2D eigenvalue weighted by molar-refractivity contribution is 5.75. The van der Waals surface area contributed by atoms with Crippen molar-refractivity contribution in [1.82, 2.24) is 9.78 Å². The van der Waals surface area contributed by atoms with Gasteiger partial charge in [0.05, 0.1) is 0 Å². The number of hydrogen-bond acceptors (Lipinski definition) is 3. The second-order valence-electron chi connectivity index (χ2n) is 2.93. The average Bonchev–Trinajstić information content (AvgIpc) is 2.66. The lowest BCUT2D eigenvalue weighted by Crippen LogP contribution is -2.06. The Labute approximate surface area is 70.1 Å². The first-order valence-corrected chi connectivity index (χ1v) is 3.99. The van der Waals surface area contributed by atoms with Gasteiger partial charge in [0.2, 0.25) is 11.8 Å². The summed E-state index contributed by atoms with van der Waals surface area (Å²) in [6.07, 6.45) is 4.15. The van der Waals surface area contributed by atoms with Gasteiger partial charge in [-0.25, -0.2) is 4.68 Å². The van der Waals surface area contributed by atoms with Crippen molar-refractivity contribution in [3.63, 3.8) is 0 Å². The number of nitrogens with zero attached hydrogens (tertiary/aromatic N) is 2. The number of rotatable bonds is 2. The van der Waals surface area contributed by atoms with Gasteiger partial charge in [0.25, 0.3) is 0 Å². The molecule has 0 aromatic carbocycles. The maximum absolute atomic E-state index is 10.8. The molecule has 1 aliphatic rings. The molecular weight excluding hydrogens is 156 g/mol. The third-order valence-electron chi connectivity index (χ3n) is 1.70. The summed E-state index contributed by atoms with van der Waals surface area (Å²) < 4.78 is 6.65. The Bertz CT molecular complexity index is 302. The third kappa shape index (κ3) is 1.47. The van der Waals surface area contributed by atoms with Crippen LogP contribution in [0.15, 0.2) is 12.3 Å². The van der Waals surface area contributed by atoms with Gasteiger partial charge in [-0.15, -0.1) is 5.10 Å². The van der Waals surface area contributed by atoms with E-state index in [4.69, 9.17) is 4.74 Å². The van der Waals surface area contributed by atoms with E-state index >= 15 is 0 Å². The van der Waals surface area contributed by atoms with Gasteiger partial charge in [0, 0.05) is 19.2 Å². The second-order valence-corrected chi connectivity index (χ2v) is 2.93. The molecule has 0 bridgehead atoms. The molecule has 4 nitrogen and oxygen atoms in total. The molecule has 0 atom stereocenters. The van der Waals surface area contributed by atoms with E-state index in [-0.39, 0.29) is 5.91 Å². The zero-order valence-corrected chi connectivity index (χ0v) is 6.86. The molecule has 1 fully saturated rings. The van der Waals surface area contributed by atoms with E-state index in [1.807, 2.05) is 0 Å². The van der Waals surface area contributed by atoms with Crippen molar-refractivity contribution < 1.29 is 9.53 Å². The van der Waals surface area contributed by atoms with E-state index in [0.29, 0.717) is 12.0 Å². The summed E-state index contributed by atoms with van der Waals surface area (Å²) in [4.78, 5) is 10.8. The van der Waals surface area contributed by atoms with E-state index in [1.165, 1.54) is 11.6 Å². The zero-order chi connectivity index (χ0) is 8.55. The molecule has 0 unspecified atom stereocenters. The van der Waals surface area contributed by atoms with Gasteiger partial charge < -0.3 is 4.74 Å². The van der Waals surface area contributed by atoms with Crippen LogP contribution in [-0.4, -0.2) is 21.8 Å². The van der Waals surface area contributed by atoms with E-state index in [2.05, 4.69) is 5.10 Å². The summed E-state index contributed by atoms with van der Waals surface area (Å²) in [6.45, 7) is 1.47. The fourth-order valence-electron chi connectivity index (χ4n) is 0.902. The van der Waals surface area contributed by atoms with E-state index < -0.39 is 0 Å². The minimum absolute atomic E-state index is 0.0966. The summed E-state index contributed by atoms with van der Waals surface area (Å²) in [6, 6.07) is 1.71. The molecule has 0 saturated heterocycles. The minimum atomic E-state index is -0.0966. The van der Waals surface area contributed by atoms with Crippen LogP contribution in [0.3, 0.4) is 0 Å². The summed E-state index contributed by atoms with van der Waals surface area (Å²) in [5, 5.41) is 3.93. The largest absolute Gasteiger partial charge is 0.473 e. The standard InChI is InChI=1S/C8H10N2O2/c1-6(11)10-5-4-8(9-10)12-7-2-3-7/h4-5,7H,2-3H2,1H3. The van der Waals surface area contributed by atoms with E-state index in [1.54, 1.807) is 12.3 Å². The Morgan fingerprint density at radius 1 is 1.75 bits per heavy atom. The van der Waals surface area contributed by atoms with Crippen molar-refractivity contribution in [3.05, 3.63) is 12.3 Å². The molecule has 0 amide bonds. The van der Waals surface area contributed by atoms with Crippen LogP contribution in [0.5, 0.6) is 5.88 Å². The monoisotopic (exact) mass is 166 g/mol. The highest BCUT2D eigenvalue weighted by atomic mass is 16.5. The van der Waals surface area contributed by atoms with Crippen LogP contribution in [0.4, 0.5) is 0 Å². The molecule has 0 N–H and O–H groups in total. The average molecular weight is 166 g/mol. The Morgan fingerprint density at radius 3 is 3.00 bits per heavy atom. The highest BCUT2D eigenvalue weighted by Gasteiger charge is 2.24. The van der Waals surface area contributed by atoms with Gasteiger partial charge in [0.1, 0.15) is 6.10 Å². The fraction of sp³-hybridized carbons (Fsp3) is 0.500. The Kier molecular flexibility index (Phi) is 1.60. The number of carbonyl (C=O) groups excluding carboxylic acids is 1. The van der Waals surface area contributed by atoms with Crippen LogP contribution >= 0.6 is 0 Å². The number of hydrogen-bond donors (Lipinski definition) is 0. The van der Waals surface area contributed by atoms with Gasteiger partial charge in [-0.1, -0.05) is 0 Å². The Balaban J connectivity index is 2.06. The number of aromatic nitrogens is 2. The quantitative estimate of drug-likeness (QED) is 0.660. The fourth-order valence-corrected chi connectivity index (χ4v) is 0.902. The van der Waals surface area contributed by atoms with Crippen LogP contribution in [0.25, 0.3) is 0 Å². The van der Waals surface area contributed by atoms with Gasteiger partial charge >= 0.3 is 0 Å². The lowest BCUT2D eigenvalue weighted by Gasteiger charge is -1.96. The van der Waals surface area contributed by atoms with Crippen LogP contribution < -0.4 is 4.74 Å². The van der Waals surface area contributed by atoms with Crippen molar-refractivity contribution in [3.8, 4) is 5.88 Å². The van der Waals surface area contributed by atoms with Crippen molar-refractivity contribution in [2.24, 2.45) is 0 Å².